The smallest absolute Gasteiger partial charge is 0.305 e. The zero-order chi connectivity index (χ0) is 12.3. The Hall–Kier alpha value is -1.85. The minimum atomic E-state index is -0.820. The zero-order valence-corrected chi connectivity index (χ0v) is 9.73. The third-order valence-electron chi connectivity index (χ3n) is 2.41. The first-order valence-electron chi connectivity index (χ1n) is 5.71. The van der Waals surface area contributed by atoms with Gasteiger partial charge in [-0.2, -0.15) is 0 Å². The maximum absolute atomic E-state index is 10.4. The first-order chi connectivity index (χ1) is 8.13. The number of nitrogens with one attached hydrogen (secondary N) is 2. The second-order valence-electron chi connectivity index (χ2n) is 4.17. The predicted octanol–water partition coefficient (Wildman–Crippen LogP) is 1.25. The van der Waals surface area contributed by atoms with Crippen molar-refractivity contribution < 1.29 is 9.90 Å². The number of aliphatic carboxylic acids is 1. The molecule has 92 valence electrons. The summed E-state index contributed by atoms with van der Waals surface area (Å²) < 4.78 is 0. The van der Waals surface area contributed by atoms with Crippen LogP contribution in [0.3, 0.4) is 0 Å². The Morgan fingerprint density at radius 2 is 2.18 bits per heavy atom. The van der Waals surface area contributed by atoms with Crippen LogP contribution in [0.1, 0.15) is 25.1 Å². The molecular weight excluding hydrogens is 220 g/mol. The van der Waals surface area contributed by atoms with E-state index in [2.05, 4.69) is 20.6 Å². The molecule has 0 aliphatic heterocycles. The van der Waals surface area contributed by atoms with Crippen molar-refractivity contribution in [2.75, 3.05) is 17.2 Å². The Labute approximate surface area is 99.5 Å². The Morgan fingerprint density at radius 1 is 1.47 bits per heavy atom. The summed E-state index contributed by atoms with van der Waals surface area (Å²) in [4.78, 5) is 18.9. The number of anilines is 2. The maximum Gasteiger partial charge on any atom is 0.305 e. The molecule has 1 saturated carbocycles. The summed E-state index contributed by atoms with van der Waals surface area (Å²) in [7, 11) is 0. The second kappa shape index (κ2) is 4.99. The van der Waals surface area contributed by atoms with Gasteiger partial charge in [-0.25, -0.2) is 9.97 Å². The number of rotatable bonds is 6. The fraction of sp³-hybridized carbons (Fsp3) is 0.545. The van der Waals surface area contributed by atoms with E-state index >= 15 is 0 Å². The molecular formula is C11H16N4O2. The van der Waals surface area contributed by atoms with E-state index in [0.29, 0.717) is 24.2 Å². The molecule has 0 spiro atoms. The number of carbonyl (C=O) groups is 1. The third kappa shape index (κ3) is 3.90. The van der Waals surface area contributed by atoms with Crippen LogP contribution in [0.2, 0.25) is 0 Å². The van der Waals surface area contributed by atoms with Crippen molar-refractivity contribution in [2.24, 2.45) is 0 Å². The number of carboxylic acids is 1. The van der Waals surface area contributed by atoms with E-state index in [1.807, 2.05) is 13.0 Å². The molecule has 2 rings (SSSR count). The van der Waals surface area contributed by atoms with Gasteiger partial charge in [0, 0.05) is 18.7 Å². The summed E-state index contributed by atoms with van der Waals surface area (Å²) in [5, 5.41) is 14.8. The Morgan fingerprint density at radius 3 is 2.82 bits per heavy atom. The van der Waals surface area contributed by atoms with E-state index in [1.54, 1.807) is 0 Å². The Balaban J connectivity index is 1.95. The molecule has 0 aromatic carbocycles. The molecule has 0 atom stereocenters. The van der Waals surface area contributed by atoms with Crippen molar-refractivity contribution in [3.8, 4) is 0 Å². The van der Waals surface area contributed by atoms with Crippen molar-refractivity contribution in [1.29, 1.82) is 0 Å². The fourth-order valence-electron chi connectivity index (χ4n) is 1.47. The molecule has 1 heterocycles. The number of hydrogen-bond acceptors (Lipinski definition) is 5. The number of carboxylic acid groups (broad SMARTS) is 1. The number of hydrogen-bond donors (Lipinski definition) is 3. The van der Waals surface area contributed by atoms with E-state index in [4.69, 9.17) is 5.11 Å². The fourth-order valence-corrected chi connectivity index (χ4v) is 1.47. The van der Waals surface area contributed by atoms with Crippen LogP contribution in [-0.4, -0.2) is 33.6 Å². The van der Waals surface area contributed by atoms with Crippen molar-refractivity contribution in [2.45, 2.75) is 32.2 Å². The molecule has 17 heavy (non-hydrogen) atoms. The summed E-state index contributed by atoms with van der Waals surface area (Å²) in [5.74, 6) is 1.33. The van der Waals surface area contributed by atoms with E-state index in [9.17, 15) is 4.79 Å². The Bertz CT molecular complexity index is 418. The number of aromatic nitrogens is 2. The number of nitrogens with zero attached hydrogens (tertiary/aromatic N) is 2. The quantitative estimate of drug-likeness (QED) is 0.689. The lowest BCUT2D eigenvalue weighted by Crippen LogP contribution is -2.11. The molecule has 1 aromatic heterocycles. The van der Waals surface area contributed by atoms with Crippen molar-refractivity contribution in [3.05, 3.63) is 11.9 Å². The first-order valence-corrected chi connectivity index (χ1v) is 5.71. The average Bonchev–Trinajstić information content (AvgIpc) is 3.00. The lowest BCUT2D eigenvalue weighted by Gasteiger charge is -2.08. The van der Waals surface area contributed by atoms with E-state index in [-0.39, 0.29) is 6.42 Å². The molecule has 1 aromatic rings. The monoisotopic (exact) mass is 236 g/mol. The van der Waals surface area contributed by atoms with Gasteiger partial charge in [0.1, 0.15) is 17.5 Å². The summed E-state index contributed by atoms with van der Waals surface area (Å²) >= 11 is 0. The summed E-state index contributed by atoms with van der Waals surface area (Å²) in [6.07, 6.45) is 2.45. The second-order valence-corrected chi connectivity index (χ2v) is 4.17. The lowest BCUT2D eigenvalue weighted by molar-refractivity contribution is -0.136. The van der Waals surface area contributed by atoms with Gasteiger partial charge >= 0.3 is 5.97 Å². The van der Waals surface area contributed by atoms with Crippen LogP contribution in [0, 0.1) is 6.92 Å². The molecule has 1 fully saturated rings. The molecule has 0 unspecified atom stereocenters. The molecule has 0 bridgehead atoms. The highest BCUT2D eigenvalue weighted by molar-refractivity contribution is 5.67. The van der Waals surface area contributed by atoms with Gasteiger partial charge in [-0.05, 0) is 19.8 Å². The largest absolute Gasteiger partial charge is 0.481 e. The molecule has 6 heteroatoms. The van der Waals surface area contributed by atoms with Gasteiger partial charge in [0.25, 0.3) is 0 Å². The van der Waals surface area contributed by atoms with Crippen molar-refractivity contribution in [3.63, 3.8) is 0 Å². The minimum absolute atomic E-state index is 0.0778. The highest BCUT2D eigenvalue weighted by Crippen LogP contribution is 2.24. The molecule has 0 saturated heterocycles. The van der Waals surface area contributed by atoms with Crippen LogP contribution < -0.4 is 10.6 Å². The number of aryl methyl sites for hydroxylation is 1. The average molecular weight is 236 g/mol. The predicted molar refractivity (Wildman–Crippen MR) is 64.2 cm³/mol. The van der Waals surface area contributed by atoms with Gasteiger partial charge in [0.15, 0.2) is 0 Å². The molecule has 3 N–H and O–H groups in total. The van der Waals surface area contributed by atoms with E-state index in [1.165, 1.54) is 12.8 Å². The maximum atomic E-state index is 10.4. The molecule has 1 aliphatic carbocycles. The molecule has 1 aliphatic rings. The highest BCUT2D eigenvalue weighted by Gasteiger charge is 2.21. The summed E-state index contributed by atoms with van der Waals surface area (Å²) in [5.41, 5.74) is 0. The first kappa shape index (κ1) is 11.6. The van der Waals surface area contributed by atoms with E-state index in [0.717, 1.165) is 5.82 Å². The lowest BCUT2D eigenvalue weighted by atomic mass is 10.4. The van der Waals surface area contributed by atoms with Crippen molar-refractivity contribution >= 4 is 17.6 Å². The van der Waals surface area contributed by atoms with Crippen LogP contribution in [0.4, 0.5) is 11.6 Å². The Kier molecular flexibility index (Phi) is 3.41. The normalized spacial score (nSPS) is 14.4. The van der Waals surface area contributed by atoms with Gasteiger partial charge in [-0.1, -0.05) is 0 Å². The molecule has 0 amide bonds. The SMILES string of the molecule is Cc1nc(NCCC(=O)O)cc(NC2CC2)n1. The van der Waals surface area contributed by atoms with Gasteiger partial charge in [-0.3, -0.25) is 4.79 Å². The van der Waals surface area contributed by atoms with Gasteiger partial charge < -0.3 is 15.7 Å². The zero-order valence-electron chi connectivity index (χ0n) is 9.73. The highest BCUT2D eigenvalue weighted by atomic mass is 16.4. The minimum Gasteiger partial charge on any atom is -0.481 e. The van der Waals surface area contributed by atoms with Gasteiger partial charge in [0.05, 0.1) is 6.42 Å². The van der Waals surface area contributed by atoms with Gasteiger partial charge in [-0.15, -0.1) is 0 Å². The van der Waals surface area contributed by atoms with Crippen LogP contribution in [0.15, 0.2) is 6.07 Å². The van der Waals surface area contributed by atoms with Crippen molar-refractivity contribution in [1.82, 2.24) is 9.97 Å². The van der Waals surface area contributed by atoms with E-state index < -0.39 is 5.97 Å². The standard InChI is InChI=1S/C11H16N4O2/c1-7-13-9(12-5-4-11(16)17)6-10(14-7)15-8-2-3-8/h6,8H,2-5H2,1H3,(H,16,17)(H2,12,13,14,15). The van der Waals surface area contributed by atoms with Crippen LogP contribution in [-0.2, 0) is 4.79 Å². The summed E-state index contributed by atoms with van der Waals surface area (Å²) in [6, 6.07) is 2.35. The third-order valence-corrected chi connectivity index (χ3v) is 2.41. The van der Waals surface area contributed by atoms with Crippen LogP contribution >= 0.6 is 0 Å². The molecule has 0 radical (unpaired) electrons. The molecule has 6 nitrogen and oxygen atoms in total. The van der Waals surface area contributed by atoms with Gasteiger partial charge in [0.2, 0.25) is 0 Å². The van der Waals surface area contributed by atoms with Crippen LogP contribution in [0.25, 0.3) is 0 Å². The van der Waals surface area contributed by atoms with Crippen LogP contribution in [0.5, 0.6) is 0 Å². The summed E-state index contributed by atoms with van der Waals surface area (Å²) in [6.45, 7) is 2.19. The topological polar surface area (TPSA) is 87.1 Å².